The molecule has 0 spiro atoms. The maximum atomic E-state index is 14.4. The second-order valence-corrected chi connectivity index (χ2v) is 8.99. The zero-order valence-corrected chi connectivity index (χ0v) is 18.9. The number of rotatable bonds is 6. The highest BCUT2D eigenvalue weighted by atomic mass is 19.1. The molecule has 5 nitrogen and oxygen atoms in total. The van der Waals surface area contributed by atoms with E-state index in [9.17, 15) is 9.18 Å². The lowest BCUT2D eigenvalue weighted by molar-refractivity contribution is -0.138. The van der Waals surface area contributed by atoms with Gasteiger partial charge in [0, 0.05) is 55.7 Å². The first kappa shape index (κ1) is 21.7. The predicted molar refractivity (Wildman–Crippen MR) is 121 cm³/mol. The first-order valence-corrected chi connectivity index (χ1v) is 11.6. The van der Waals surface area contributed by atoms with Crippen molar-refractivity contribution in [1.82, 2.24) is 14.9 Å². The number of carbonyl (C=O) groups is 1. The Labute approximate surface area is 184 Å². The van der Waals surface area contributed by atoms with Crippen molar-refractivity contribution in [1.29, 1.82) is 0 Å². The Hall–Kier alpha value is -2.50. The van der Waals surface area contributed by atoms with E-state index in [0.29, 0.717) is 17.9 Å². The number of halogens is 1. The van der Waals surface area contributed by atoms with Crippen molar-refractivity contribution in [3.8, 4) is 0 Å². The number of anilines is 1. The maximum Gasteiger partial charge on any atom is 0.225 e. The fraction of sp³-hybridized carbons (Fsp3) is 0.560. The van der Waals surface area contributed by atoms with Crippen molar-refractivity contribution in [3.05, 3.63) is 52.7 Å². The van der Waals surface area contributed by atoms with Gasteiger partial charge in [-0.05, 0) is 37.8 Å². The highest BCUT2D eigenvalue weighted by Crippen LogP contribution is 2.31. The third-order valence-electron chi connectivity index (χ3n) is 6.93. The molecule has 2 fully saturated rings. The molecule has 1 aromatic heterocycles. The molecule has 1 saturated heterocycles. The molecule has 6 heteroatoms. The summed E-state index contributed by atoms with van der Waals surface area (Å²) < 4.78 is 14.4. The molecule has 31 heavy (non-hydrogen) atoms. The smallest absolute Gasteiger partial charge is 0.225 e. The predicted octanol–water partition coefficient (Wildman–Crippen LogP) is 4.48. The van der Waals surface area contributed by atoms with Gasteiger partial charge >= 0.3 is 0 Å². The summed E-state index contributed by atoms with van der Waals surface area (Å²) in [5.41, 5.74) is 2.55. The zero-order valence-electron chi connectivity index (χ0n) is 18.9. The fourth-order valence-electron chi connectivity index (χ4n) is 4.36. The molecule has 1 aliphatic heterocycles. The van der Waals surface area contributed by atoms with Gasteiger partial charge in [0.15, 0.2) is 0 Å². The summed E-state index contributed by atoms with van der Waals surface area (Å²) in [4.78, 5) is 26.7. The van der Waals surface area contributed by atoms with Crippen LogP contribution in [-0.4, -0.2) is 47.0 Å². The average Bonchev–Trinajstić information content (AvgIpc) is 2.74. The minimum absolute atomic E-state index is 0.199. The van der Waals surface area contributed by atoms with Crippen LogP contribution in [0.3, 0.4) is 0 Å². The zero-order chi connectivity index (χ0) is 22.0. The van der Waals surface area contributed by atoms with Crippen LogP contribution >= 0.6 is 0 Å². The molecule has 166 valence electrons. The number of aryl methyl sites for hydroxylation is 1. The number of amides is 1. The summed E-state index contributed by atoms with van der Waals surface area (Å²) in [5.74, 6) is 2.37. The monoisotopic (exact) mass is 424 g/mol. The van der Waals surface area contributed by atoms with Crippen molar-refractivity contribution >= 4 is 11.7 Å². The highest BCUT2D eigenvalue weighted by Gasteiger charge is 2.32. The Bertz CT molecular complexity index is 935. The molecule has 2 aromatic rings. The van der Waals surface area contributed by atoms with Crippen molar-refractivity contribution in [3.63, 3.8) is 0 Å². The molecule has 0 radical (unpaired) electrons. The van der Waals surface area contributed by atoms with E-state index >= 15 is 0 Å². The summed E-state index contributed by atoms with van der Waals surface area (Å²) in [5, 5.41) is 0. The number of piperazine rings is 1. The number of nitrogens with zero attached hydrogens (tertiary/aromatic N) is 4. The molecule has 1 aromatic carbocycles. The van der Waals surface area contributed by atoms with E-state index in [2.05, 4.69) is 18.7 Å². The first-order chi connectivity index (χ1) is 15.0. The largest absolute Gasteiger partial charge is 0.353 e. The van der Waals surface area contributed by atoms with Crippen LogP contribution in [0.15, 0.2) is 24.3 Å². The SMILES string of the molecule is CC[C@@H](C)c1nc(C)c(Cc2ccccc2F)c(N2CCN(C(=O)C3CCC3)CC2)n1. The van der Waals surface area contributed by atoms with Crippen molar-refractivity contribution < 1.29 is 9.18 Å². The van der Waals surface area contributed by atoms with Gasteiger partial charge < -0.3 is 9.80 Å². The lowest BCUT2D eigenvalue weighted by atomic mass is 9.84. The van der Waals surface area contributed by atoms with Gasteiger partial charge in [-0.1, -0.05) is 38.5 Å². The summed E-state index contributed by atoms with van der Waals surface area (Å²) >= 11 is 0. The van der Waals surface area contributed by atoms with Crippen LogP contribution in [0.1, 0.15) is 68.1 Å². The molecule has 0 bridgehead atoms. The van der Waals surface area contributed by atoms with E-state index in [1.54, 1.807) is 6.07 Å². The van der Waals surface area contributed by atoms with Gasteiger partial charge in [0.2, 0.25) is 5.91 Å². The van der Waals surface area contributed by atoms with Gasteiger partial charge in [0.05, 0.1) is 0 Å². The van der Waals surface area contributed by atoms with Crippen LogP contribution in [0.4, 0.5) is 10.2 Å². The van der Waals surface area contributed by atoms with Crippen molar-refractivity contribution in [2.24, 2.45) is 5.92 Å². The summed E-state index contributed by atoms with van der Waals surface area (Å²) in [7, 11) is 0. The molecule has 1 aliphatic carbocycles. The number of carbonyl (C=O) groups excluding carboxylic acids is 1. The van der Waals surface area contributed by atoms with Crippen LogP contribution in [0.5, 0.6) is 0 Å². The van der Waals surface area contributed by atoms with Gasteiger partial charge in [-0.2, -0.15) is 0 Å². The van der Waals surface area contributed by atoms with Crippen molar-refractivity contribution in [2.45, 2.75) is 58.8 Å². The maximum absolute atomic E-state index is 14.4. The lowest BCUT2D eigenvalue weighted by Gasteiger charge is -2.39. The van der Waals surface area contributed by atoms with E-state index in [-0.39, 0.29) is 17.7 Å². The molecule has 2 heterocycles. The number of aromatic nitrogens is 2. The Morgan fingerprint density at radius 3 is 2.48 bits per heavy atom. The van der Waals surface area contributed by atoms with Crippen molar-refractivity contribution in [2.75, 3.05) is 31.1 Å². The van der Waals surface area contributed by atoms with E-state index in [1.807, 2.05) is 24.0 Å². The Morgan fingerprint density at radius 1 is 1.16 bits per heavy atom. The van der Waals surface area contributed by atoms with Crippen LogP contribution in [-0.2, 0) is 11.2 Å². The molecule has 2 aliphatic rings. The van der Waals surface area contributed by atoms with E-state index in [4.69, 9.17) is 9.97 Å². The number of hydrogen-bond donors (Lipinski definition) is 0. The molecule has 1 atom stereocenters. The molecule has 1 amide bonds. The fourth-order valence-corrected chi connectivity index (χ4v) is 4.36. The minimum Gasteiger partial charge on any atom is -0.353 e. The van der Waals surface area contributed by atoms with Crippen LogP contribution in [0.2, 0.25) is 0 Å². The first-order valence-electron chi connectivity index (χ1n) is 11.6. The molecule has 1 saturated carbocycles. The average molecular weight is 425 g/mol. The van der Waals surface area contributed by atoms with E-state index in [1.165, 1.54) is 12.5 Å². The third kappa shape index (κ3) is 4.58. The third-order valence-corrected chi connectivity index (χ3v) is 6.93. The van der Waals surface area contributed by atoms with Gasteiger partial charge in [-0.25, -0.2) is 14.4 Å². The lowest BCUT2D eigenvalue weighted by Crippen LogP contribution is -2.51. The summed E-state index contributed by atoms with van der Waals surface area (Å²) in [6.07, 6.45) is 4.68. The summed E-state index contributed by atoms with van der Waals surface area (Å²) in [6.45, 7) is 9.22. The Kier molecular flexibility index (Phi) is 6.54. The van der Waals surface area contributed by atoms with Crippen LogP contribution < -0.4 is 4.90 Å². The van der Waals surface area contributed by atoms with E-state index < -0.39 is 0 Å². The van der Waals surface area contributed by atoms with Gasteiger partial charge in [0.25, 0.3) is 0 Å². The van der Waals surface area contributed by atoms with E-state index in [0.717, 1.165) is 68.3 Å². The van der Waals surface area contributed by atoms with Crippen LogP contribution in [0.25, 0.3) is 0 Å². The van der Waals surface area contributed by atoms with Gasteiger partial charge in [0.1, 0.15) is 17.5 Å². The standard InChI is InChI=1S/C25H33FN4O/c1-4-17(2)23-27-18(3)21(16-20-8-5-6-11-22(20)26)24(28-23)29-12-14-30(15-13-29)25(31)19-9-7-10-19/h5-6,8,11,17,19H,4,7,9-10,12-16H2,1-3H3/t17-/m1/s1. The second kappa shape index (κ2) is 9.33. The van der Waals surface area contributed by atoms with Crippen LogP contribution in [0, 0.1) is 18.7 Å². The van der Waals surface area contributed by atoms with Gasteiger partial charge in [-0.15, -0.1) is 0 Å². The minimum atomic E-state index is -0.199. The second-order valence-electron chi connectivity index (χ2n) is 8.99. The molecule has 0 unspecified atom stereocenters. The topological polar surface area (TPSA) is 49.3 Å². The Balaban J connectivity index is 1.60. The Morgan fingerprint density at radius 2 is 1.87 bits per heavy atom. The quantitative estimate of drug-likeness (QED) is 0.686. The molecular formula is C25H33FN4O. The number of benzene rings is 1. The molecule has 0 N–H and O–H groups in total. The highest BCUT2D eigenvalue weighted by molar-refractivity contribution is 5.80. The normalized spacial score (nSPS) is 18.1. The van der Waals surface area contributed by atoms with Gasteiger partial charge in [-0.3, -0.25) is 4.79 Å². The summed E-state index contributed by atoms with van der Waals surface area (Å²) in [6, 6.07) is 6.92. The molecular weight excluding hydrogens is 391 g/mol. The molecule has 4 rings (SSSR count). The number of hydrogen-bond acceptors (Lipinski definition) is 4.